The van der Waals surface area contributed by atoms with Gasteiger partial charge in [0.2, 0.25) is 11.8 Å². The van der Waals surface area contributed by atoms with Crippen LogP contribution in [0.1, 0.15) is 64.4 Å². The summed E-state index contributed by atoms with van der Waals surface area (Å²) in [6.45, 7) is 6.51. The van der Waals surface area contributed by atoms with E-state index < -0.39 is 77.6 Å². The van der Waals surface area contributed by atoms with Crippen LogP contribution in [0.3, 0.4) is 0 Å². The molecule has 4 rings (SSSR count). The molecule has 0 aliphatic carbocycles. The minimum Gasteiger partial charge on any atom is -0.475 e. The Balaban J connectivity index is 0.00000117. The number of Topliss-reactive ketones (excluding diaryl/α,β-unsaturated/α-hetero) is 1. The Labute approximate surface area is 330 Å². The third-order valence-electron chi connectivity index (χ3n) is 8.85. The molecular formula is C39H45F5N6O8. The lowest BCUT2D eigenvalue weighted by atomic mass is 9.84. The highest BCUT2D eigenvalue weighted by Gasteiger charge is 2.39. The van der Waals surface area contributed by atoms with Crippen molar-refractivity contribution in [3.05, 3.63) is 89.9 Å². The molecule has 0 saturated heterocycles. The average Bonchev–Trinajstić information content (AvgIpc) is 3.70. The van der Waals surface area contributed by atoms with E-state index in [-0.39, 0.29) is 55.9 Å². The smallest absolute Gasteiger partial charge is 0.475 e. The van der Waals surface area contributed by atoms with Crippen LogP contribution >= 0.6 is 0 Å². The number of halogens is 5. The van der Waals surface area contributed by atoms with Gasteiger partial charge in [-0.3, -0.25) is 28.9 Å². The first kappa shape index (κ1) is 46.6. The summed E-state index contributed by atoms with van der Waals surface area (Å²) in [4.78, 5) is 78.7. The van der Waals surface area contributed by atoms with Crippen LogP contribution in [0.25, 0.3) is 11.3 Å². The number of amides is 4. The van der Waals surface area contributed by atoms with Crippen molar-refractivity contribution in [2.45, 2.75) is 77.8 Å². The number of benzene rings is 2. The molecular weight excluding hydrogens is 775 g/mol. The Morgan fingerprint density at radius 1 is 0.983 bits per heavy atom. The number of carbonyl (C=O) groups is 6. The van der Waals surface area contributed by atoms with E-state index >= 15 is 0 Å². The van der Waals surface area contributed by atoms with Crippen LogP contribution in [0.5, 0.6) is 0 Å². The van der Waals surface area contributed by atoms with Gasteiger partial charge in [-0.1, -0.05) is 51.1 Å². The van der Waals surface area contributed by atoms with Gasteiger partial charge < -0.3 is 30.7 Å². The number of aromatic nitrogens is 2. The highest BCUT2D eigenvalue weighted by atomic mass is 19.4. The van der Waals surface area contributed by atoms with Crippen LogP contribution in [0, 0.1) is 17.0 Å². The Morgan fingerprint density at radius 2 is 1.59 bits per heavy atom. The van der Waals surface area contributed by atoms with Crippen molar-refractivity contribution < 1.29 is 60.9 Å². The third kappa shape index (κ3) is 12.9. The molecule has 2 aromatic carbocycles. The number of aliphatic carboxylic acids is 1. The van der Waals surface area contributed by atoms with Crippen molar-refractivity contribution in [2.24, 2.45) is 11.1 Å². The predicted octanol–water partition coefficient (Wildman–Crippen LogP) is 3.91. The molecule has 19 heteroatoms. The number of nitrogens with zero attached hydrogens (tertiary/aromatic N) is 4. The van der Waals surface area contributed by atoms with Crippen molar-refractivity contribution >= 4 is 35.4 Å². The van der Waals surface area contributed by atoms with Crippen molar-refractivity contribution in [3.8, 4) is 11.3 Å². The number of aliphatic hydroxyl groups excluding tert-OH is 1. The SMILES string of the molecule is C[C@@H](NC(=O)[C@@H](N)CCN(C(=O)CO)[C@@H](c1nc(-c2cc(F)ccc2F)cn1Cc1ccccc1)C(C)(C)C)C(=O)CCCN1C(=O)C=CC1=O.O=C(O)C(F)(F)F. The summed E-state index contributed by atoms with van der Waals surface area (Å²) in [5.74, 6) is -6.24. The van der Waals surface area contributed by atoms with Gasteiger partial charge in [-0.25, -0.2) is 18.6 Å². The second-order valence-electron chi connectivity index (χ2n) is 14.4. The van der Waals surface area contributed by atoms with E-state index in [1.807, 2.05) is 51.1 Å². The minimum atomic E-state index is -5.08. The monoisotopic (exact) mass is 820 g/mol. The largest absolute Gasteiger partial charge is 0.490 e. The fourth-order valence-corrected chi connectivity index (χ4v) is 5.95. The van der Waals surface area contributed by atoms with Crippen LogP contribution in [-0.2, 0) is 35.3 Å². The summed E-state index contributed by atoms with van der Waals surface area (Å²) in [6, 6.07) is 9.56. The maximum atomic E-state index is 15.0. The van der Waals surface area contributed by atoms with Crippen LogP contribution < -0.4 is 11.1 Å². The Kier molecular flexibility index (Phi) is 16.1. The summed E-state index contributed by atoms with van der Waals surface area (Å²) >= 11 is 0. The lowest BCUT2D eigenvalue weighted by Gasteiger charge is -2.40. The molecule has 5 N–H and O–H groups in total. The number of carboxylic acid groups (broad SMARTS) is 1. The lowest BCUT2D eigenvalue weighted by molar-refractivity contribution is -0.192. The molecule has 314 valence electrons. The number of alkyl halides is 3. The van der Waals surface area contributed by atoms with E-state index in [2.05, 4.69) is 5.32 Å². The first-order chi connectivity index (χ1) is 27.0. The third-order valence-corrected chi connectivity index (χ3v) is 8.85. The molecule has 1 aliphatic heterocycles. The zero-order valence-electron chi connectivity index (χ0n) is 32.1. The average molecular weight is 821 g/mol. The molecule has 4 amide bonds. The van der Waals surface area contributed by atoms with E-state index in [9.17, 15) is 51.0 Å². The highest BCUT2D eigenvalue weighted by molar-refractivity contribution is 6.12. The quantitative estimate of drug-likeness (QED) is 0.121. The van der Waals surface area contributed by atoms with E-state index in [0.29, 0.717) is 5.82 Å². The zero-order chi connectivity index (χ0) is 43.5. The highest BCUT2D eigenvalue weighted by Crippen LogP contribution is 2.39. The van der Waals surface area contributed by atoms with Crippen molar-refractivity contribution in [3.63, 3.8) is 0 Å². The van der Waals surface area contributed by atoms with Gasteiger partial charge in [0, 0.05) is 50.0 Å². The number of aliphatic hydroxyl groups is 1. The van der Waals surface area contributed by atoms with E-state index in [0.717, 1.165) is 40.8 Å². The second-order valence-corrected chi connectivity index (χ2v) is 14.4. The van der Waals surface area contributed by atoms with Crippen LogP contribution in [0.4, 0.5) is 22.0 Å². The zero-order valence-corrected chi connectivity index (χ0v) is 32.1. The molecule has 0 bridgehead atoms. The van der Waals surface area contributed by atoms with Gasteiger partial charge in [0.05, 0.1) is 23.8 Å². The van der Waals surface area contributed by atoms with E-state index in [1.165, 1.54) is 11.8 Å². The van der Waals surface area contributed by atoms with Crippen molar-refractivity contribution in [1.29, 1.82) is 0 Å². The van der Waals surface area contributed by atoms with Crippen molar-refractivity contribution in [2.75, 3.05) is 19.7 Å². The number of hydrogen-bond acceptors (Lipinski definition) is 9. The number of carboxylic acids is 1. The predicted molar refractivity (Wildman–Crippen MR) is 198 cm³/mol. The lowest BCUT2D eigenvalue weighted by Crippen LogP contribution is -2.50. The Bertz CT molecular complexity index is 1980. The molecule has 0 fully saturated rings. The van der Waals surface area contributed by atoms with Gasteiger partial charge in [0.15, 0.2) is 5.78 Å². The molecule has 3 atom stereocenters. The van der Waals surface area contributed by atoms with Crippen molar-refractivity contribution in [1.82, 2.24) is 24.7 Å². The second kappa shape index (κ2) is 20.0. The Morgan fingerprint density at radius 3 is 2.14 bits per heavy atom. The molecule has 0 radical (unpaired) electrons. The topological polar surface area (TPSA) is 205 Å². The van der Waals surface area contributed by atoms with E-state index in [4.69, 9.17) is 20.6 Å². The van der Waals surface area contributed by atoms with Gasteiger partial charge in [-0.15, -0.1) is 0 Å². The maximum absolute atomic E-state index is 15.0. The molecule has 14 nitrogen and oxygen atoms in total. The maximum Gasteiger partial charge on any atom is 0.490 e. The van der Waals surface area contributed by atoms with Gasteiger partial charge in [0.25, 0.3) is 11.8 Å². The fraction of sp³-hybridized carbons (Fsp3) is 0.410. The molecule has 1 aromatic heterocycles. The van der Waals surface area contributed by atoms with Gasteiger partial charge in [-0.2, -0.15) is 13.2 Å². The summed E-state index contributed by atoms with van der Waals surface area (Å²) < 4.78 is 62.7. The van der Waals surface area contributed by atoms with Gasteiger partial charge in [0.1, 0.15) is 24.1 Å². The number of nitrogens with one attached hydrogen (secondary N) is 1. The van der Waals surface area contributed by atoms with Crippen LogP contribution in [0.15, 0.2) is 66.9 Å². The summed E-state index contributed by atoms with van der Waals surface area (Å²) in [6.07, 6.45) is -0.978. The number of ketones is 1. The normalized spacial score (nSPS) is 14.4. The van der Waals surface area contributed by atoms with Gasteiger partial charge >= 0.3 is 12.1 Å². The minimum absolute atomic E-state index is 0.0108. The fourth-order valence-electron chi connectivity index (χ4n) is 5.95. The van der Waals surface area contributed by atoms with Crippen LogP contribution in [-0.4, -0.2) is 103 Å². The number of hydrogen-bond donors (Lipinski definition) is 4. The molecule has 1 aliphatic rings. The molecule has 0 unspecified atom stereocenters. The number of imide groups is 1. The summed E-state index contributed by atoms with van der Waals surface area (Å²) in [7, 11) is 0. The molecule has 3 aromatic rings. The number of imidazole rings is 1. The number of carbonyl (C=O) groups excluding carboxylic acids is 5. The Hall–Kier alpha value is -5.82. The van der Waals surface area contributed by atoms with Gasteiger partial charge in [-0.05, 0) is 48.9 Å². The summed E-state index contributed by atoms with van der Waals surface area (Å²) in [5.41, 5.74) is 6.49. The molecule has 0 saturated carbocycles. The van der Waals surface area contributed by atoms with E-state index in [1.54, 1.807) is 10.8 Å². The number of nitrogens with two attached hydrogens (primary N) is 1. The first-order valence-corrected chi connectivity index (χ1v) is 17.9. The molecule has 58 heavy (non-hydrogen) atoms. The van der Waals surface area contributed by atoms with Crippen LogP contribution in [0.2, 0.25) is 0 Å². The molecule has 2 heterocycles. The standard InChI is InChI=1S/C37H44F2N6O6.C2HF3O2/c1-23(30(47)11-8-17-44-31(48)14-15-32(44)49)41-36(51)28(40)16-18-45(33(50)22-46)34(37(2,3)4)35-42-29(26-19-25(38)12-13-27(26)39)21-43(35)20-24-9-6-5-7-10-24;3-2(4,5)1(6)7/h5-7,9-10,12-15,19,21,23,28,34,46H,8,11,16-18,20,22,40H2,1-4H3,(H,41,51);(H,6,7)/t23-,28+,34+;/m1./s1. The number of rotatable bonds is 16. The molecule has 0 spiro atoms. The first-order valence-electron chi connectivity index (χ1n) is 17.9. The summed E-state index contributed by atoms with van der Waals surface area (Å²) in [5, 5.41) is 19.8.